The molecule has 2 amide bonds. The molecule has 0 saturated heterocycles. The molecule has 0 radical (unpaired) electrons. The Kier molecular flexibility index (Phi) is 7.22. The van der Waals surface area contributed by atoms with Gasteiger partial charge in [-0.05, 0) is 38.0 Å². The molecule has 1 atom stereocenters. The molecule has 134 valence electrons. The molecule has 1 aliphatic rings. The Morgan fingerprint density at radius 2 is 1.75 bits per heavy atom. The quantitative estimate of drug-likeness (QED) is 0.849. The molecular formula is C19H30N2O3. The van der Waals surface area contributed by atoms with E-state index in [0.29, 0.717) is 0 Å². The first-order valence-corrected chi connectivity index (χ1v) is 8.93. The average molecular weight is 334 g/mol. The van der Waals surface area contributed by atoms with E-state index in [1.165, 1.54) is 32.1 Å². The number of methoxy groups -OCH3 is 2. The molecule has 5 heteroatoms. The van der Waals surface area contributed by atoms with Gasteiger partial charge in [0.15, 0.2) is 0 Å². The van der Waals surface area contributed by atoms with Crippen LogP contribution in [-0.2, 0) is 0 Å². The van der Waals surface area contributed by atoms with Crippen LogP contribution in [0.2, 0.25) is 0 Å². The van der Waals surface area contributed by atoms with E-state index in [1.54, 1.807) is 14.2 Å². The van der Waals surface area contributed by atoms with Crippen molar-refractivity contribution in [3.8, 4) is 11.5 Å². The second kappa shape index (κ2) is 9.40. The number of nitrogens with one attached hydrogen (secondary N) is 2. The highest BCUT2D eigenvalue weighted by molar-refractivity contribution is 5.75. The topological polar surface area (TPSA) is 59.6 Å². The highest BCUT2D eigenvalue weighted by Crippen LogP contribution is 2.29. The van der Waals surface area contributed by atoms with Gasteiger partial charge in [-0.3, -0.25) is 0 Å². The highest BCUT2D eigenvalue weighted by atomic mass is 16.5. The van der Waals surface area contributed by atoms with Gasteiger partial charge in [0.25, 0.3) is 0 Å². The molecule has 1 saturated carbocycles. The van der Waals surface area contributed by atoms with Crippen LogP contribution in [-0.4, -0.2) is 26.3 Å². The summed E-state index contributed by atoms with van der Waals surface area (Å²) in [6.07, 6.45) is 8.42. The maximum Gasteiger partial charge on any atom is 0.315 e. The van der Waals surface area contributed by atoms with Gasteiger partial charge in [0.05, 0.1) is 20.3 Å². The number of hydrogen-bond donors (Lipinski definition) is 2. The van der Waals surface area contributed by atoms with Crippen molar-refractivity contribution in [1.82, 2.24) is 10.6 Å². The molecule has 5 nitrogen and oxygen atoms in total. The summed E-state index contributed by atoms with van der Waals surface area (Å²) in [7, 11) is 3.26. The molecular weight excluding hydrogens is 304 g/mol. The van der Waals surface area contributed by atoms with E-state index in [1.807, 2.05) is 25.1 Å². The minimum Gasteiger partial charge on any atom is -0.497 e. The number of benzene rings is 1. The molecule has 1 unspecified atom stereocenters. The lowest BCUT2D eigenvalue weighted by Gasteiger charge is -2.23. The zero-order valence-electron chi connectivity index (χ0n) is 15.1. The smallest absolute Gasteiger partial charge is 0.315 e. The third-order valence-corrected chi connectivity index (χ3v) is 4.69. The third kappa shape index (κ3) is 5.32. The molecule has 0 aliphatic heterocycles. The summed E-state index contributed by atoms with van der Waals surface area (Å²) in [4.78, 5) is 12.4. The molecule has 1 aromatic rings. The molecule has 1 fully saturated rings. The van der Waals surface area contributed by atoms with Gasteiger partial charge in [-0.2, -0.15) is 0 Å². The summed E-state index contributed by atoms with van der Waals surface area (Å²) < 4.78 is 10.7. The van der Waals surface area contributed by atoms with Crippen LogP contribution in [0.4, 0.5) is 4.79 Å². The average Bonchev–Trinajstić information content (AvgIpc) is 2.56. The Morgan fingerprint density at radius 1 is 1.08 bits per heavy atom. The third-order valence-electron chi connectivity index (χ3n) is 4.69. The maximum atomic E-state index is 12.4. The zero-order chi connectivity index (χ0) is 17.4. The Labute approximate surface area is 145 Å². The van der Waals surface area contributed by atoms with Crippen molar-refractivity contribution < 1.29 is 14.3 Å². The fourth-order valence-corrected chi connectivity index (χ4v) is 3.28. The van der Waals surface area contributed by atoms with Crippen LogP contribution < -0.4 is 20.1 Å². The van der Waals surface area contributed by atoms with Crippen molar-refractivity contribution in [2.24, 2.45) is 0 Å². The lowest BCUT2D eigenvalue weighted by molar-refractivity contribution is 0.230. The van der Waals surface area contributed by atoms with Crippen molar-refractivity contribution in [3.05, 3.63) is 23.8 Å². The predicted octanol–water partition coefficient (Wildman–Crippen LogP) is 4.18. The first-order chi connectivity index (χ1) is 11.6. The molecule has 1 aromatic carbocycles. The van der Waals surface area contributed by atoms with Crippen molar-refractivity contribution in [1.29, 1.82) is 0 Å². The van der Waals surface area contributed by atoms with Crippen LogP contribution in [0, 0.1) is 0 Å². The maximum absolute atomic E-state index is 12.4. The van der Waals surface area contributed by atoms with Crippen molar-refractivity contribution in [2.45, 2.75) is 64.0 Å². The summed E-state index contributed by atoms with van der Waals surface area (Å²) in [6.45, 7) is 1.95. The Bertz CT molecular complexity index is 525. The van der Waals surface area contributed by atoms with Crippen LogP contribution in [0.5, 0.6) is 11.5 Å². The number of ether oxygens (including phenoxy) is 2. The van der Waals surface area contributed by atoms with E-state index in [4.69, 9.17) is 9.47 Å². The van der Waals surface area contributed by atoms with Crippen LogP contribution in [0.25, 0.3) is 0 Å². The van der Waals surface area contributed by atoms with Gasteiger partial charge in [0, 0.05) is 11.6 Å². The SMILES string of the molecule is COc1ccc(OC)c(C(C)NC(=O)NC2CCCCCCC2)c1. The van der Waals surface area contributed by atoms with E-state index in [-0.39, 0.29) is 18.1 Å². The number of amides is 2. The summed E-state index contributed by atoms with van der Waals surface area (Å²) in [6, 6.07) is 5.62. The normalized spacial score (nSPS) is 17.3. The summed E-state index contributed by atoms with van der Waals surface area (Å²) >= 11 is 0. The van der Waals surface area contributed by atoms with Crippen LogP contribution >= 0.6 is 0 Å². The summed E-state index contributed by atoms with van der Waals surface area (Å²) in [5, 5.41) is 6.15. The molecule has 2 N–H and O–H groups in total. The van der Waals surface area contributed by atoms with Crippen LogP contribution in [0.3, 0.4) is 0 Å². The molecule has 0 spiro atoms. The van der Waals surface area contributed by atoms with E-state index < -0.39 is 0 Å². The molecule has 0 bridgehead atoms. The number of urea groups is 1. The lowest BCUT2D eigenvalue weighted by Crippen LogP contribution is -2.43. The predicted molar refractivity (Wildman–Crippen MR) is 95.7 cm³/mol. The minimum atomic E-state index is -0.163. The number of hydrogen-bond acceptors (Lipinski definition) is 3. The van der Waals surface area contributed by atoms with Crippen LogP contribution in [0.15, 0.2) is 18.2 Å². The minimum absolute atomic E-state index is 0.113. The first kappa shape index (κ1) is 18.4. The number of carbonyl (C=O) groups is 1. The lowest BCUT2D eigenvalue weighted by atomic mass is 9.97. The van der Waals surface area contributed by atoms with Gasteiger partial charge >= 0.3 is 6.03 Å². The standard InChI is InChI=1S/C19H30N2O3/c1-14(17-13-16(23-2)11-12-18(17)24-3)20-19(22)21-15-9-7-5-4-6-8-10-15/h11-15H,4-10H2,1-3H3,(H2,20,21,22). The second-order valence-corrected chi connectivity index (χ2v) is 6.49. The second-order valence-electron chi connectivity index (χ2n) is 6.49. The molecule has 2 rings (SSSR count). The van der Waals surface area contributed by atoms with E-state index in [2.05, 4.69) is 10.6 Å². The van der Waals surface area contributed by atoms with E-state index in [0.717, 1.165) is 29.9 Å². The fourth-order valence-electron chi connectivity index (χ4n) is 3.28. The molecule has 0 aromatic heterocycles. The number of carbonyl (C=O) groups excluding carboxylic acids is 1. The van der Waals surface area contributed by atoms with Gasteiger partial charge in [0.2, 0.25) is 0 Å². The van der Waals surface area contributed by atoms with E-state index in [9.17, 15) is 4.79 Å². The van der Waals surface area contributed by atoms with Crippen molar-refractivity contribution in [2.75, 3.05) is 14.2 Å². The van der Waals surface area contributed by atoms with Gasteiger partial charge in [0.1, 0.15) is 11.5 Å². The molecule has 24 heavy (non-hydrogen) atoms. The monoisotopic (exact) mass is 334 g/mol. The Balaban J connectivity index is 1.95. The molecule has 0 heterocycles. The first-order valence-electron chi connectivity index (χ1n) is 8.93. The largest absolute Gasteiger partial charge is 0.497 e. The molecule has 1 aliphatic carbocycles. The zero-order valence-corrected chi connectivity index (χ0v) is 15.1. The Hall–Kier alpha value is -1.91. The van der Waals surface area contributed by atoms with Gasteiger partial charge in [-0.15, -0.1) is 0 Å². The number of rotatable bonds is 5. The Morgan fingerprint density at radius 3 is 2.38 bits per heavy atom. The van der Waals surface area contributed by atoms with Gasteiger partial charge < -0.3 is 20.1 Å². The highest BCUT2D eigenvalue weighted by Gasteiger charge is 2.18. The van der Waals surface area contributed by atoms with E-state index >= 15 is 0 Å². The van der Waals surface area contributed by atoms with Crippen molar-refractivity contribution in [3.63, 3.8) is 0 Å². The van der Waals surface area contributed by atoms with Crippen molar-refractivity contribution >= 4 is 6.03 Å². The van der Waals surface area contributed by atoms with Gasteiger partial charge in [-0.1, -0.05) is 32.1 Å². The summed E-state index contributed by atoms with van der Waals surface area (Å²) in [5.74, 6) is 1.49. The van der Waals surface area contributed by atoms with Gasteiger partial charge in [-0.25, -0.2) is 4.79 Å². The summed E-state index contributed by atoms with van der Waals surface area (Å²) in [5.41, 5.74) is 0.907. The fraction of sp³-hybridized carbons (Fsp3) is 0.632. The van der Waals surface area contributed by atoms with Crippen LogP contribution in [0.1, 0.15) is 63.5 Å².